The maximum Gasteiger partial charge on any atom is 0.279 e. The van der Waals surface area contributed by atoms with Crippen LogP contribution in [0, 0.1) is 6.92 Å². The predicted octanol–water partition coefficient (Wildman–Crippen LogP) is 3.80. The van der Waals surface area contributed by atoms with E-state index in [0.29, 0.717) is 30.1 Å². The van der Waals surface area contributed by atoms with Gasteiger partial charge in [-0.1, -0.05) is 35.1 Å². The number of rotatable bonds is 6. The lowest BCUT2D eigenvalue weighted by Gasteiger charge is -2.08. The first-order valence-corrected chi connectivity index (χ1v) is 9.35. The molecule has 1 heterocycles. The molecule has 0 radical (unpaired) electrons. The molecule has 3 rings (SSSR count). The van der Waals surface area contributed by atoms with Crippen LogP contribution in [0.25, 0.3) is 10.2 Å². The van der Waals surface area contributed by atoms with Gasteiger partial charge < -0.3 is 14.0 Å². The fourth-order valence-corrected chi connectivity index (χ4v) is 3.86. The molecular formula is C20H22N2O3S. The molecule has 6 heteroatoms. The number of aryl methyl sites for hydroxylation is 1. The summed E-state index contributed by atoms with van der Waals surface area (Å²) in [4.78, 5) is 17.7. The number of carbonyl (C=O) groups is 1. The van der Waals surface area contributed by atoms with E-state index in [-0.39, 0.29) is 5.91 Å². The molecule has 0 aliphatic carbocycles. The Morgan fingerprint density at radius 2 is 2.04 bits per heavy atom. The second kappa shape index (κ2) is 8.29. The molecule has 5 nitrogen and oxygen atoms in total. The largest absolute Gasteiger partial charge is 0.495 e. The predicted molar refractivity (Wildman–Crippen MR) is 104 cm³/mol. The van der Waals surface area contributed by atoms with Crippen LogP contribution in [-0.4, -0.2) is 30.8 Å². The molecule has 3 aromatic rings. The summed E-state index contributed by atoms with van der Waals surface area (Å²) in [6, 6.07) is 13.3. The fourth-order valence-electron chi connectivity index (χ4n) is 2.78. The summed E-state index contributed by atoms with van der Waals surface area (Å²) < 4.78 is 14.0. The summed E-state index contributed by atoms with van der Waals surface area (Å²) in [5.74, 6) is 0.518. The summed E-state index contributed by atoms with van der Waals surface area (Å²) in [7, 11) is 1.65. The lowest BCUT2D eigenvalue weighted by molar-refractivity contribution is 0.0996. The number of methoxy groups -OCH3 is 1. The number of nitrogens with zero attached hydrogens (tertiary/aromatic N) is 2. The highest BCUT2D eigenvalue weighted by molar-refractivity contribution is 7.16. The summed E-state index contributed by atoms with van der Waals surface area (Å²) in [5, 5.41) is 0. The molecule has 136 valence electrons. The van der Waals surface area contributed by atoms with E-state index in [0.717, 1.165) is 21.5 Å². The van der Waals surface area contributed by atoms with Crippen molar-refractivity contribution in [2.45, 2.75) is 20.4 Å². The van der Waals surface area contributed by atoms with E-state index >= 15 is 0 Å². The van der Waals surface area contributed by atoms with E-state index in [2.05, 4.69) is 4.99 Å². The zero-order valence-corrected chi connectivity index (χ0v) is 16.0. The molecule has 0 spiro atoms. The minimum Gasteiger partial charge on any atom is -0.495 e. The zero-order valence-electron chi connectivity index (χ0n) is 15.2. The van der Waals surface area contributed by atoms with Crippen molar-refractivity contribution in [2.24, 2.45) is 4.99 Å². The SMILES string of the molecule is CCOCCn1c(=NC(=O)c2cccc(C)c2)sc2cccc(OC)c21. The first-order valence-electron chi connectivity index (χ1n) is 8.54. The van der Waals surface area contributed by atoms with Crippen molar-refractivity contribution in [3.05, 3.63) is 58.4 Å². The lowest BCUT2D eigenvalue weighted by Crippen LogP contribution is -2.20. The molecule has 1 amide bonds. The zero-order chi connectivity index (χ0) is 18.5. The van der Waals surface area contributed by atoms with Crippen LogP contribution < -0.4 is 9.54 Å². The van der Waals surface area contributed by atoms with Gasteiger partial charge >= 0.3 is 0 Å². The van der Waals surface area contributed by atoms with Crippen molar-refractivity contribution < 1.29 is 14.3 Å². The van der Waals surface area contributed by atoms with Crippen LogP contribution in [0.4, 0.5) is 0 Å². The monoisotopic (exact) mass is 370 g/mol. The topological polar surface area (TPSA) is 52.8 Å². The minimum absolute atomic E-state index is 0.246. The Bertz CT molecular complexity index is 988. The van der Waals surface area contributed by atoms with Crippen LogP contribution in [0.3, 0.4) is 0 Å². The number of amides is 1. The summed E-state index contributed by atoms with van der Waals surface area (Å²) in [6.07, 6.45) is 0. The third kappa shape index (κ3) is 3.86. The Balaban J connectivity index is 2.11. The maximum absolute atomic E-state index is 12.6. The van der Waals surface area contributed by atoms with E-state index in [9.17, 15) is 4.79 Å². The number of para-hydroxylation sites is 1. The Kier molecular flexibility index (Phi) is 5.85. The van der Waals surface area contributed by atoms with E-state index in [1.165, 1.54) is 11.3 Å². The molecular weight excluding hydrogens is 348 g/mol. The third-order valence-corrected chi connectivity index (χ3v) is 5.05. The maximum atomic E-state index is 12.6. The second-order valence-electron chi connectivity index (χ2n) is 5.83. The average molecular weight is 370 g/mol. The fraction of sp³-hybridized carbons (Fsp3) is 0.300. The number of ether oxygens (including phenoxy) is 2. The minimum atomic E-state index is -0.246. The highest BCUT2D eigenvalue weighted by Crippen LogP contribution is 2.27. The van der Waals surface area contributed by atoms with Crippen molar-refractivity contribution >= 4 is 27.5 Å². The lowest BCUT2D eigenvalue weighted by atomic mass is 10.1. The van der Waals surface area contributed by atoms with Crippen LogP contribution in [0.15, 0.2) is 47.5 Å². The standard InChI is InChI=1S/C20H22N2O3S/c1-4-25-12-11-22-18-16(24-3)9-6-10-17(18)26-20(22)21-19(23)15-8-5-7-14(2)13-15/h5-10,13H,4,11-12H2,1-3H3. The van der Waals surface area contributed by atoms with Crippen LogP contribution >= 0.6 is 11.3 Å². The molecule has 0 saturated carbocycles. The van der Waals surface area contributed by atoms with Gasteiger partial charge in [-0.3, -0.25) is 4.79 Å². The smallest absolute Gasteiger partial charge is 0.279 e. The van der Waals surface area contributed by atoms with Crippen molar-refractivity contribution in [3.8, 4) is 5.75 Å². The summed E-state index contributed by atoms with van der Waals surface area (Å²) in [5.41, 5.74) is 2.56. The highest BCUT2D eigenvalue weighted by Gasteiger charge is 2.13. The van der Waals surface area contributed by atoms with E-state index < -0.39 is 0 Å². The summed E-state index contributed by atoms with van der Waals surface area (Å²) in [6.45, 7) is 5.72. The van der Waals surface area contributed by atoms with Gasteiger partial charge in [0.25, 0.3) is 5.91 Å². The van der Waals surface area contributed by atoms with Gasteiger partial charge in [0.2, 0.25) is 0 Å². The number of thiazole rings is 1. The van der Waals surface area contributed by atoms with Gasteiger partial charge in [-0.2, -0.15) is 4.99 Å². The van der Waals surface area contributed by atoms with Crippen molar-refractivity contribution in [2.75, 3.05) is 20.3 Å². The molecule has 0 aliphatic heterocycles. The van der Waals surface area contributed by atoms with Gasteiger partial charge in [0.05, 0.1) is 18.4 Å². The highest BCUT2D eigenvalue weighted by atomic mass is 32.1. The Labute approximate surface area is 156 Å². The van der Waals surface area contributed by atoms with Gasteiger partial charge in [0.1, 0.15) is 11.3 Å². The van der Waals surface area contributed by atoms with E-state index in [1.54, 1.807) is 13.2 Å². The van der Waals surface area contributed by atoms with Crippen LogP contribution in [-0.2, 0) is 11.3 Å². The summed E-state index contributed by atoms with van der Waals surface area (Å²) >= 11 is 1.48. The van der Waals surface area contributed by atoms with Crippen molar-refractivity contribution in [1.82, 2.24) is 4.57 Å². The average Bonchev–Trinajstić information content (AvgIpc) is 2.99. The Morgan fingerprint density at radius 1 is 1.23 bits per heavy atom. The van der Waals surface area contributed by atoms with Gasteiger partial charge in [-0.05, 0) is 38.1 Å². The van der Waals surface area contributed by atoms with Crippen LogP contribution in [0.2, 0.25) is 0 Å². The van der Waals surface area contributed by atoms with E-state index in [1.807, 2.05) is 54.8 Å². The molecule has 1 aromatic heterocycles. The molecule has 2 aromatic carbocycles. The molecule has 0 N–H and O–H groups in total. The number of carbonyl (C=O) groups excluding carboxylic acids is 1. The molecule has 0 saturated heterocycles. The molecule has 0 aliphatic rings. The molecule has 0 fully saturated rings. The molecule has 26 heavy (non-hydrogen) atoms. The first-order chi connectivity index (χ1) is 12.6. The number of benzene rings is 2. The first kappa shape index (κ1) is 18.4. The number of fused-ring (bicyclic) bond motifs is 1. The number of hydrogen-bond acceptors (Lipinski definition) is 4. The molecule has 0 bridgehead atoms. The van der Waals surface area contributed by atoms with Gasteiger partial charge in [0, 0.05) is 18.7 Å². The second-order valence-corrected chi connectivity index (χ2v) is 6.84. The van der Waals surface area contributed by atoms with Gasteiger partial charge in [-0.25, -0.2) is 0 Å². The van der Waals surface area contributed by atoms with Crippen molar-refractivity contribution in [3.63, 3.8) is 0 Å². The van der Waals surface area contributed by atoms with Crippen LogP contribution in [0.5, 0.6) is 5.75 Å². The van der Waals surface area contributed by atoms with Gasteiger partial charge in [-0.15, -0.1) is 0 Å². The van der Waals surface area contributed by atoms with E-state index in [4.69, 9.17) is 9.47 Å². The normalized spacial score (nSPS) is 11.9. The third-order valence-electron chi connectivity index (χ3n) is 4.01. The quantitative estimate of drug-likeness (QED) is 0.620. The molecule has 0 unspecified atom stereocenters. The van der Waals surface area contributed by atoms with Gasteiger partial charge in [0.15, 0.2) is 4.80 Å². The Hall–Kier alpha value is -2.44. The Morgan fingerprint density at radius 3 is 2.77 bits per heavy atom. The number of hydrogen-bond donors (Lipinski definition) is 0. The van der Waals surface area contributed by atoms with Crippen molar-refractivity contribution in [1.29, 1.82) is 0 Å². The molecule has 0 atom stereocenters. The number of aromatic nitrogens is 1. The van der Waals surface area contributed by atoms with Crippen LogP contribution in [0.1, 0.15) is 22.8 Å².